The number of hydrogen-bond acceptors (Lipinski definition) is 6. The molecule has 49 heavy (non-hydrogen) atoms. The molecule has 0 radical (unpaired) electrons. The van der Waals surface area contributed by atoms with Crippen molar-refractivity contribution < 1.29 is 36.2 Å². The van der Waals surface area contributed by atoms with Gasteiger partial charge in [-0.1, -0.05) is 26.0 Å². The number of aliphatic hydroxyl groups excluding tert-OH is 1. The lowest BCUT2D eigenvalue weighted by atomic mass is 9.68. The topological polar surface area (TPSA) is 71.4 Å². The first-order valence-electron chi connectivity index (χ1n) is 17.2. The van der Waals surface area contributed by atoms with Crippen LogP contribution >= 0.6 is 0 Å². The van der Waals surface area contributed by atoms with Gasteiger partial charge >= 0.3 is 6.18 Å². The second-order valence-electron chi connectivity index (χ2n) is 15.0. The van der Waals surface area contributed by atoms with Crippen LogP contribution in [0.25, 0.3) is 0 Å². The van der Waals surface area contributed by atoms with E-state index in [-0.39, 0.29) is 54.2 Å². The van der Waals surface area contributed by atoms with Gasteiger partial charge in [-0.15, -0.1) is 0 Å². The summed E-state index contributed by atoms with van der Waals surface area (Å²) in [6.45, 7) is 8.99. The summed E-state index contributed by atoms with van der Waals surface area (Å²) < 4.78 is 92.0. The van der Waals surface area contributed by atoms with E-state index in [0.717, 1.165) is 24.3 Å². The van der Waals surface area contributed by atoms with E-state index >= 15 is 4.39 Å². The van der Waals surface area contributed by atoms with Crippen molar-refractivity contribution in [3.63, 3.8) is 0 Å². The van der Waals surface area contributed by atoms with Crippen LogP contribution in [0.4, 0.5) is 32.3 Å². The van der Waals surface area contributed by atoms with E-state index in [0.29, 0.717) is 73.0 Å². The van der Waals surface area contributed by atoms with E-state index in [1.54, 1.807) is 12.4 Å². The third-order valence-corrected chi connectivity index (χ3v) is 10.2. The molecule has 12 heteroatoms. The number of halogens is 6. The maximum absolute atomic E-state index is 17.2. The molecule has 1 saturated carbocycles. The van der Waals surface area contributed by atoms with E-state index in [1.165, 1.54) is 0 Å². The number of anilines is 1. The van der Waals surface area contributed by atoms with Crippen LogP contribution in [0, 0.1) is 5.41 Å². The van der Waals surface area contributed by atoms with Crippen molar-refractivity contribution in [2.75, 3.05) is 18.0 Å². The van der Waals surface area contributed by atoms with Crippen molar-refractivity contribution in [2.45, 2.75) is 121 Å². The summed E-state index contributed by atoms with van der Waals surface area (Å²) in [5.74, 6) is -2.40. The van der Waals surface area contributed by atoms with Crippen LogP contribution in [0.5, 0.6) is 5.75 Å². The molecule has 3 aromatic rings. The van der Waals surface area contributed by atoms with Crippen LogP contribution in [-0.2, 0) is 12.6 Å². The number of aliphatic hydroxyl groups is 1. The van der Waals surface area contributed by atoms with Crippen LogP contribution in [0.1, 0.15) is 136 Å². The van der Waals surface area contributed by atoms with Crippen LogP contribution in [0.2, 0.25) is 0 Å². The van der Waals surface area contributed by atoms with Gasteiger partial charge in [-0.2, -0.15) is 13.2 Å². The molecule has 266 valence electrons. The van der Waals surface area contributed by atoms with Crippen LogP contribution in [0.3, 0.4) is 0 Å². The molecule has 1 aromatic carbocycles. The molecule has 2 aliphatic carbocycles. The Morgan fingerprint density at radius 2 is 1.53 bits per heavy atom. The zero-order valence-electron chi connectivity index (χ0n) is 28.3. The van der Waals surface area contributed by atoms with E-state index < -0.39 is 35.9 Å². The number of ether oxygens (including phenoxy) is 1. The minimum Gasteiger partial charge on any atom is -0.488 e. The van der Waals surface area contributed by atoms with Gasteiger partial charge < -0.3 is 14.7 Å². The predicted octanol–water partition coefficient (Wildman–Crippen LogP) is 9.42. The average molecular weight is 691 g/mol. The zero-order chi connectivity index (χ0) is 35.3. The summed E-state index contributed by atoms with van der Waals surface area (Å²) in [4.78, 5) is 16.1. The summed E-state index contributed by atoms with van der Waals surface area (Å²) in [5.41, 5.74) is 1.25. The van der Waals surface area contributed by atoms with Gasteiger partial charge in [0.1, 0.15) is 0 Å². The fourth-order valence-electron chi connectivity index (χ4n) is 7.87. The Labute approximate surface area is 283 Å². The van der Waals surface area contributed by atoms with E-state index in [2.05, 4.69) is 9.97 Å². The lowest BCUT2D eigenvalue weighted by Crippen LogP contribution is -2.36. The Morgan fingerprint density at radius 1 is 0.918 bits per heavy atom. The van der Waals surface area contributed by atoms with Crippen molar-refractivity contribution in [2.24, 2.45) is 5.41 Å². The molecule has 0 spiro atoms. The van der Waals surface area contributed by atoms with Crippen molar-refractivity contribution in [3.8, 4) is 5.75 Å². The average Bonchev–Trinajstić information content (AvgIpc) is 3.03. The number of nitrogens with zero attached hydrogens (tertiary/aromatic N) is 4. The Morgan fingerprint density at radius 3 is 2.10 bits per heavy atom. The fourth-order valence-corrected chi connectivity index (χ4v) is 7.87. The molecule has 6 rings (SSSR count). The second-order valence-corrected chi connectivity index (χ2v) is 15.0. The lowest BCUT2D eigenvalue weighted by molar-refractivity contribution is -0.137. The Kier molecular flexibility index (Phi) is 9.67. The number of alkyl halides is 6. The van der Waals surface area contributed by atoms with Gasteiger partial charge in [-0.25, -0.2) is 23.1 Å². The molecule has 2 aromatic heterocycles. The molecule has 2 fully saturated rings. The fraction of sp³-hybridized carbons (Fsp3) is 0.595. The molecule has 2 unspecified atom stereocenters. The van der Waals surface area contributed by atoms with E-state index in [1.807, 2.05) is 32.6 Å². The maximum atomic E-state index is 17.2. The molecule has 3 aliphatic rings. The molecule has 3 heterocycles. The van der Waals surface area contributed by atoms with Gasteiger partial charge in [-0.05, 0) is 87.0 Å². The first kappa shape index (κ1) is 35.4. The smallest absolute Gasteiger partial charge is 0.416 e. The Hall–Kier alpha value is -3.41. The van der Waals surface area contributed by atoms with Crippen molar-refractivity contribution >= 4 is 5.95 Å². The van der Waals surface area contributed by atoms with Crippen LogP contribution < -0.4 is 9.64 Å². The highest BCUT2D eigenvalue weighted by atomic mass is 19.4. The molecular formula is C37H44F6N4O2. The Balaban J connectivity index is 1.42. The highest BCUT2D eigenvalue weighted by molar-refractivity contribution is 5.51. The molecule has 0 amide bonds. The molecule has 1 aliphatic heterocycles. The number of aromatic nitrogens is 3. The summed E-state index contributed by atoms with van der Waals surface area (Å²) in [5, 5.41) is 11.6. The van der Waals surface area contributed by atoms with Gasteiger partial charge in [-0.3, -0.25) is 4.98 Å². The molecule has 6 nitrogen and oxygen atoms in total. The summed E-state index contributed by atoms with van der Waals surface area (Å²) >= 11 is 0. The molecular weight excluding hydrogens is 646 g/mol. The molecule has 0 bridgehead atoms. The van der Waals surface area contributed by atoms with Gasteiger partial charge in [0, 0.05) is 48.7 Å². The number of piperidine rings is 1. The van der Waals surface area contributed by atoms with Gasteiger partial charge in [0.15, 0.2) is 11.9 Å². The number of fused-ring (bicyclic) bond motifs is 1. The number of benzene rings is 1. The zero-order valence-corrected chi connectivity index (χ0v) is 28.3. The molecule has 1 N–H and O–H groups in total. The quantitative estimate of drug-likeness (QED) is 0.249. The minimum absolute atomic E-state index is 0.0212. The highest BCUT2D eigenvalue weighted by Crippen LogP contribution is 2.52. The van der Waals surface area contributed by atoms with Crippen molar-refractivity contribution in [1.82, 2.24) is 15.0 Å². The summed E-state index contributed by atoms with van der Waals surface area (Å²) in [7, 11) is 0. The van der Waals surface area contributed by atoms with E-state index in [9.17, 15) is 27.1 Å². The predicted molar refractivity (Wildman–Crippen MR) is 174 cm³/mol. The van der Waals surface area contributed by atoms with Gasteiger partial charge in [0.25, 0.3) is 0 Å². The minimum atomic E-state index is -4.59. The lowest BCUT2D eigenvalue weighted by Gasteiger charge is -2.41. The van der Waals surface area contributed by atoms with Crippen molar-refractivity contribution in [1.29, 1.82) is 0 Å². The highest BCUT2D eigenvalue weighted by Gasteiger charge is 2.44. The number of hydrogen-bond donors (Lipinski definition) is 1. The second kappa shape index (κ2) is 13.4. The largest absolute Gasteiger partial charge is 0.488 e. The first-order chi connectivity index (χ1) is 23.0. The third-order valence-electron chi connectivity index (χ3n) is 10.2. The maximum Gasteiger partial charge on any atom is 0.416 e. The van der Waals surface area contributed by atoms with E-state index in [4.69, 9.17) is 9.72 Å². The van der Waals surface area contributed by atoms with Crippen LogP contribution in [0.15, 0.2) is 36.7 Å². The number of rotatable bonds is 7. The monoisotopic (exact) mass is 690 g/mol. The SMILES string of the molecule is CC(C)Oc1cnc(N2CCC(c3nc4c(c(C5CCC(F)(F)CC5)c3C(F)c3ccc(C(F)(F)F)cc3)C(O)CC(C)(C)C4)CC2)nc1. The van der Waals surface area contributed by atoms with Crippen LogP contribution in [-0.4, -0.2) is 45.2 Å². The molecule has 1 saturated heterocycles. The number of pyridine rings is 1. The normalized spacial score (nSPS) is 22.2. The Bertz CT molecular complexity index is 1610. The summed E-state index contributed by atoms with van der Waals surface area (Å²) in [6.07, 6.45) is -2.64. The van der Waals surface area contributed by atoms with Crippen molar-refractivity contribution in [3.05, 3.63) is 75.9 Å². The van der Waals surface area contributed by atoms with Gasteiger partial charge in [0.2, 0.25) is 11.9 Å². The standard InChI is InChI=1S/C37H44F6N4O2/c1-21(2)49-26-19-44-34(45-20-26)47-15-11-24(12-16-47)33-31(32(38)23-5-7-25(8-6-23)37(41,42)43)29(22-9-13-36(39,40)14-10-22)30-27(46-33)17-35(3,4)18-28(30)48/h5-8,19-22,24,28,32,48H,9-18H2,1-4H3. The molecule has 2 atom stereocenters. The third kappa shape index (κ3) is 7.68. The first-order valence-corrected chi connectivity index (χ1v) is 17.2. The summed E-state index contributed by atoms with van der Waals surface area (Å²) in [6, 6.07) is 4.01. The van der Waals surface area contributed by atoms with Gasteiger partial charge in [0.05, 0.1) is 35.9 Å².